The topological polar surface area (TPSA) is 13.1 Å². The number of hydrogen-bond donors (Lipinski definition) is 0. The van der Waals surface area contributed by atoms with Crippen molar-refractivity contribution >= 4 is 54.3 Å². The molecule has 10 aromatic carbocycles. The van der Waals surface area contributed by atoms with Gasteiger partial charge in [-0.05, 0) is 106 Å². The standard InChI is InChI=1S/C54H34O/c1-2-12-38(13-3-1)43-32-30-39-14-4-5-15-42(39)53(43)54-47-19-8-6-17-45(47)52(46-18-7-9-20-48(46)54)40-28-26-36(27-29-40)35-22-24-37(25-23-35)41-31-33-51-49(34-41)44-16-10-11-21-50(44)55-51/h1-34H/i1D,2D,3D,6D,7D,8D,9D,12D,13D,17D,18D,19D,20D. The quantitative estimate of drug-likeness (QED) is 0.162. The predicted molar refractivity (Wildman–Crippen MR) is 233 cm³/mol. The molecule has 256 valence electrons. The van der Waals surface area contributed by atoms with Crippen LogP contribution in [0, 0.1) is 0 Å². The molecule has 0 radical (unpaired) electrons. The summed E-state index contributed by atoms with van der Waals surface area (Å²) in [5.41, 5.74) is 6.06. The first kappa shape index (κ1) is 20.9. The van der Waals surface area contributed by atoms with E-state index < -0.39 is 78.6 Å². The third-order valence-electron chi connectivity index (χ3n) is 10.4. The summed E-state index contributed by atoms with van der Waals surface area (Å²) < 4.78 is 124. The van der Waals surface area contributed by atoms with Crippen molar-refractivity contribution in [3.8, 4) is 55.6 Å². The van der Waals surface area contributed by atoms with E-state index in [0.29, 0.717) is 16.3 Å². The third kappa shape index (κ3) is 5.16. The average molecular weight is 712 g/mol. The van der Waals surface area contributed by atoms with Crippen molar-refractivity contribution in [2.75, 3.05) is 0 Å². The molecule has 11 aromatic rings. The Morgan fingerprint density at radius 3 is 1.49 bits per heavy atom. The van der Waals surface area contributed by atoms with Crippen molar-refractivity contribution in [2.24, 2.45) is 0 Å². The van der Waals surface area contributed by atoms with Crippen LogP contribution < -0.4 is 0 Å². The molecule has 0 atom stereocenters. The maximum absolute atomic E-state index is 9.58. The second-order valence-electron chi connectivity index (χ2n) is 13.4. The summed E-state index contributed by atoms with van der Waals surface area (Å²) in [5.74, 6) is 0. The second-order valence-corrected chi connectivity index (χ2v) is 13.4. The van der Waals surface area contributed by atoms with E-state index in [0.717, 1.165) is 44.2 Å². The van der Waals surface area contributed by atoms with E-state index in [1.807, 2.05) is 72.8 Å². The van der Waals surface area contributed by atoms with Gasteiger partial charge in [-0.15, -0.1) is 0 Å². The van der Waals surface area contributed by atoms with Crippen molar-refractivity contribution in [1.29, 1.82) is 0 Å². The molecule has 1 nitrogen and oxygen atoms in total. The van der Waals surface area contributed by atoms with E-state index in [1.54, 1.807) is 48.5 Å². The highest BCUT2D eigenvalue weighted by atomic mass is 16.3. The van der Waals surface area contributed by atoms with E-state index in [2.05, 4.69) is 6.07 Å². The van der Waals surface area contributed by atoms with Crippen LogP contribution >= 0.6 is 0 Å². The Morgan fingerprint density at radius 1 is 0.309 bits per heavy atom. The minimum absolute atomic E-state index is 0.00757. The Morgan fingerprint density at radius 2 is 0.818 bits per heavy atom. The minimum Gasteiger partial charge on any atom is -0.456 e. The zero-order valence-electron chi connectivity index (χ0n) is 42.0. The first-order valence-corrected chi connectivity index (χ1v) is 17.9. The molecule has 0 saturated heterocycles. The van der Waals surface area contributed by atoms with Crippen LogP contribution in [0.3, 0.4) is 0 Å². The van der Waals surface area contributed by atoms with Gasteiger partial charge in [-0.25, -0.2) is 0 Å². The molecule has 0 aliphatic heterocycles. The van der Waals surface area contributed by atoms with Crippen molar-refractivity contribution in [1.82, 2.24) is 0 Å². The Bertz CT molecular complexity index is 3880. The van der Waals surface area contributed by atoms with E-state index in [1.165, 1.54) is 0 Å². The summed E-state index contributed by atoms with van der Waals surface area (Å²) in [5, 5.41) is 3.00. The highest BCUT2D eigenvalue weighted by Crippen LogP contribution is 2.48. The van der Waals surface area contributed by atoms with Gasteiger partial charge in [0, 0.05) is 10.8 Å². The summed E-state index contributed by atoms with van der Waals surface area (Å²) in [4.78, 5) is 0. The number of fused-ring (bicyclic) bond motifs is 6. The van der Waals surface area contributed by atoms with Crippen LogP contribution in [-0.4, -0.2) is 0 Å². The molecule has 1 aromatic heterocycles. The van der Waals surface area contributed by atoms with Gasteiger partial charge in [0.15, 0.2) is 0 Å². The van der Waals surface area contributed by atoms with E-state index in [-0.39, 0.29) is 49.4 Å². The lowest BCUT2D eigenvalue weighted by Crippen LogP contribution is -1.94. The molecule has 0 spiro atoms. The number of para-hydroxylation sites is 1. The highest BCUT2D eigenvalue weighted by Gasteiger charge is 2.21. The van der Waals surface area contributed by atoms with Gasteiger partial charge < -0.3 is 4.42 Å². The lowest BCUT2D eigenvalue weighted by molar-refractivity contribution is 0.669. The van der Waals surface area contributed by atoms with Crippen LogP contribution in [0.2, 0.25) is 0 Å². The molecule has 0 unspecified atom stereocenters. The Hall–Kier alpha value is -7.22. The first-order chi connectivity index (χ1) is 32.7. The fourth-order valence-corrected chi connectivity index (χ4v) is 7.89. The van der Waals surface area contributed by atoms with E-state index in [9.17, 15) is 5.48 Å². The third-order valence-corrected chi connectivity index (χ3v) is 10.4. The Kier molecular flexibility index (Phi) is 4.83. The first-order valence-electron chi connectivity index (χ1n) is 24.4. The maximum atomic E-state index is 9.58. The van der Waals surface area contributed by atoms with Crippen molar-refractivity contribution < 1.29 is 22.2 Å². The molecule has 11 rings (SSSR count). The van der Waals surface area contributed by atoms with Gasteiger partial charge in [0.05, 0.1) is 17.8 Å². The van der Waals surface area contributed by atoms with Crippen LogP contribution in [0.4, 0.5) is 0 Å². The smallest absolute Gasteiger partial charge is 0.135 e. The summed E-state index contributed by atoms with van der Waals surface area (Å²) in [7, 11) is 0. The predicted octanol–water partition coefficient (Wildman–Crippen LogP) is 15.4. The zero-order valence-corrected chi connectivity index (χ0v) is 29.0. The molecule has 55 heavy (non-hydrogen) atoms. The van der Waals surface area contributed by atoms with Gasteiger partial charge in [-0.2, -0.15) is 0 Å². The highest BCUT2D eigenvalue weighted by molar-refractivity contribution is 6.25. The molecule has 0 saturated carbocycles. The van der Waals surface area contributed by atoms with Gasteiger partial charge in [0.25, 0.3) is 0 Å². The van der Waals surface area contributed by atoms with E-state index >= 15 is 0 Å². The monoisotopic (exact) mass is 711 g/mol. The van der Waals surface area contributed by atoms with Gasteiger partial charge in [-0.3, -0.25) is 0 Å². The molecule has 1 heterocycles. The fraction of sp³-hybridized carbons (Fsp3) is 0. The molecule has 0 aliphatic carbocycles. The molecule has 0 aliphatic rings. The van der Waals surface area contributed by atoms with E-state index in [4.69, 9.17) is 16.8 Å². The maximum Gasteiger partial charge on any atom is 0.135 e. The van der Waals surface area contributed by atoms with Crippen molar-refractivity contribution in [3.63, 3.8) is 0 Å². The minimum atomic E-state index is -0.602. The van der Waals surface area contributed by atoms with Crippen LogP contribution in [0.15, 0.2) is 210 Å². The lowest BCUT2D eigenvalue weighted by atomic mass is 9.82. The van der Waals surface area contributed by atoms with Crippen molar-refractivity contribution in [2.45, 2.75) is 0 Å². The molecule has 1 heteroatoms. The Labute approximate surface area is 337 Å². The average Bonchev–Trinajstić information content (AvgIpc) is 3.74. The van der Waals surface area contributed by atoms with Gasteiger partial charge in [0.2, 0.25) is 0 Å². The molecular weight excluding hydrogens is 665 g/mol. The summed E-state index contributed by atoms with van der Waals surface area (Å²) in [6, 6.07) is 32.8. The van der Waals surface area contributed by atoms with Crippen molar-refractivity contribution in [3.05, 3.63) is 206 Å². The summed E-state index contributed by atoms with van der Waals surface area (Å²) in [6.45, 7) is 0. The van der Waals surface area contributed by atoms with Gasteiger partial charge >= 0.3 is 0 Å². The van der Waals surface area contributed by atoms with Gasteiger partial charge in [0.1, 0.15) is 11.2 Å². The molecule has 0 N–H and O–H groups in total. The summed E-state index contributed by atoms with van der Waals surface area (Å²) >= 11 is 0. The molecular formula is C54H34O. The molecule has 0 bridgehead atoms. The lowest BCUT2D eigenvalue weighted by Gasteiger charge is -2.21. The van der Waals surface area contributed by atoms with Crippen LogP contribution in [0.1, 0.15) is 17.8 Å². The SMILES string of the molecule is [2H]c1c([2H])c([2H])c(-c2ccc3ccccc3c2-c2c3c([2H])c([2H])c([2H])c([2H])c3c(-c3ccc(-c4ccc(-c5ccc6oc7ccccc7c6c5)cc4)cc3)c3c([2H])c([2H])c([2H])c([2H])c23)c([2H])c1[2H]. The fourth-order valence-electron chi connectivity index (χ4n) is 7.89. The number of furan rings is 1. The van der Waals surface area contributed by atoms with Crippen LogP contribution in [0.5, 0.6) is 0 Å². The number of rotatable bonds is 5. The Balaban J connectivity index is 1.17. The molecule has 0 fully saturated rings. The number of hydrogen-bond acceptors (Lipinski definition) is 1. The van der Waals surface area contributed by atoms with Crippen LogP contribution in [0.25, 0.3) is 110 Å². The largest absolute Gasteiger partial charge is 0.456 e. The van der Waals surface area contributed by atoms with Gasteiger partial charge in [-0.1, -0.05) is 188 Å². The molecule has 0 amide bonds. The van der Waals surface area contributed by atoms with Crippen LogP contribution in [-0.2, 0) is 0 Å². The number of benzene rings is 10. The second kappa shape index (κ2) is 12.7. The normalized spacial score (nSPS) is 14.9. The zero-order chi connectivity index (χ0) is 47.6. The summed E-state index contributed by atoms with van der Waals surface area (Å²) in [6.07, 6.45) is 0.